The molecule has 0 radical (unpaired) electrons. The van der Waals surface area contributed by atoms with Crippen molar-refractivity contribution in [1.29, 1.82) is 0 Å². The van der Waals surface area contributed by atoms with Gasteiger partial charge < -0.3 is 28.4 Å². The number of hydrogen-bond donors (Lipinski definition) is 0. The average molecular weight is 687 g/mol. The third-order valence-corrected chi connectivity index (χ3v) is 6.55. The Morgan fingerprint density at radius 2 is 0.740 bits per heavy atom. The Kier molecular flexibility index (Phi) is 13.0. The summed E-state index contributed by atoms with van der Waals surface area (Å²) in [4.78, 5) is 86.0. The number of carbonyl (C=O) groups is 6. The van der Waals surface area contributed by atoms with Crippen molar-refractivity contribution in [2.45, 2.75) is 13.8 Å². The minimum atomic E-state index is -1.18. The van der Waals surface area contributed by atoms with Crippen molar-refractivity contribution in [3.63, 3.8) is 0 Å². The Bertz CT molecular complexity index is 1730. The van der Waals surface area contributed by atoms with Crippen molar-refractivity contribution in [3.8, 4) is 11.5 Å². The maximum Gasteiger partial charge on any atom is 0.511 e. The van der Waals surface area contributed by atoms with Crippen LogP contribution in [0, 0.1) is 0 Å². The van der Waals surface area contributed by atoms with Crippen molar-refractivity contribution in [3.05, 3.63) is 130 Å². The van der Waals surface area contributed by atoms with E-state index in [4.69, 9.17) is 28.7 Å². The van der Waals surface area contributed by atoms with Crippen molar-refractivity contribution in [2.75, 3.05) is 26.8 Å². The van der Waals surface area contributed by atoms with Gasteiger partial charge in [0, 0.05) is 11.1 Å². The molecule has 0 fully saturated rings. The van der Waals surface area contributed by atoms with Gasteiger partial charge in [0.25, 0.3) is 0 Å². The zero-order chi connectivity index (χ0) is 35.9. The van der Waals surface area contributed by atoms with E-state index in [-0.39, 0.29) is 58.1 Å². The first kappa shape index (κ1) is 36.1. The molecule has 0 spiro atoms. The van der Waals surface area contributed by atoms with Gasteiger partial charge in [0.15, 0.2) is 11.6 Å². The number of carbonyl (C=O) groups excluding carboxylic acids is 6. The van der Waals surface area contributed by atoms with Gasteiger partial charge in [-0.05, 0) is 50.2 Å². The van der Waals surface area contributed by atoms with Gasteiger partial charge in [-0.3, -0.25) is 9.59 Å². The third kappa shape index (κ3) is 9.44. The molecule has 258 valence electrons. The van der Waals surface area contributed by atoms with Crippen LogP contribution < -0.4 is 9.47 Å². The number of hydrogen-bond acceptors (Lipinski definition) is 14. The van der Waals surface area contributed by atoms with Crippen LogP contribution in [-0.4, -0.2) is 62.6 Å². The smallest absolute Gasteiger partial charge is 0.456 e. The first-order valence-electron chi connectivity index (χ1n) is 15.0. The standard InChI is InChI=1S/C36H30O14/c1-3-43-35(41)47-21-45-29-19-11-9-17-27(29)31(37)23-13-5-7-15-25(23)33(39)49-50-34(40)26-16-8-6-14-24(26)32(38)28-18-10-12-20-30(28)46-22-48-36(42)44-4-2/h5-20H,3-4,21-22H2,1-2H3. The van der Waals surface area contributed by atoms with Gasteiger partial charge in [-0.1, -0.05) is 60.7 Å². The number of rotatable bonds is 14. The molecule has 0 aliphatic rings. The molecule has 0 atom stereocenters. The first-order valence-corrected chi connectivity index (χ1v) is 15.0. The third-order valence-electron chi connectivity index (χ3n) is 6.55. The molecule has 50 heavy (non-hydrogen) atoms. The van der Waals surface area contributed by atoms with Crippen LogP contribution in [0.4, 0.5) is 9.59 Å². The van der Waals surface area contributed by atoms with Crippen LogP contribution in [0.2, 0.25) is 0 Å². The topological polar surface area (TPSA) is 176 Å². The normalized spacial score (nSPS) is 10.2. The van der Waals surface area contributed by atoms with E-state index >= 15 is 0 Å². The number of para-hydroxylation sites is 2. The van der Waals surface area contributed by atoms with Crippen molar-refractivity contribution >= 4 is 35.8 Å². The van der Waals surface area contributed by atoms with Crippen LogP contribution in [0.3, 0.4) is 0 Å². The molecular formula is C36H30O14. The number of ketones is 2. The fourth-order valence-corrected chi connectivity index (χ4v) is 4.34. The van der Waals surface area contributed by atoms with E-state index in [1.54, 1.807) is 38.1 Å². The summed E-state index contributed by atoms with van der Waals surface area (Å²) in [6.07, 6.45) is -1.91. The molecule has 0 saturated carbocycles. The van der Waals surface area contributed by atoms with Crippen LogP contribution in [0.1, 0.15) is 66.4 Å². The Hall–Kier alpha value is -6.70. The second-order valence-corrected chi connectivity index (χ2v) is 9.66. The van der Waals surface area contributed by atoms with Crippen LogP contribution in [0.15, 0.2) is 97.1 Å². The molecule has 0 amide bonds. The minimum Gasteiger partial charge on any atom is -0.456 e. The van der Waals surface area contributed by atoms with E-state index in [1.165, 1.54) is 72.8 Å². The molecule has 4 aromatic rings. The first-order chi connectivity index (χ1) is 24.2. The van der Waals surface area contributed by atoms with Gasteiger partial charge >= 0.3 is 24.2 Å². The monoisotopic (exact) mass is 686 g/mol. The molecule has 14 nitrogen and oxygen atoms in total. The van der Waals surface area contributed by atoms with E-state index in [0.29, 0.717) is 0 Å². The molecule has 14 heteroatoms. The summed E-state index contributed by atoms with van der Waals surface area (Å²) < 4.78 is 29.8. The summed E-state index contributed by atoms with van der Waals surface area (Å²) in [5, 5.41) is 0. The van der Waals surface area contributed by atoms with Gasteiger partial charge in [0.1, 0.15) is 11.5 Å². The lowest BCUT2D eigenvalue weighted by Crippen LogP contribution is -2.18. The fraction of sp³-hybridized carbons (Fsp3) is 0.167. The van der Waals surface area contributed by atoms with E-state index in [1.807, 2.05) is 0 Å². The van der Waals surface area contributed by atoms with E-state index in [0.717, 1.165) is 0 Å². The molecule has 0 aliphatic carbocycles. The Morgan fingerprint density at radius 1 is 0.420 bits per heavy atom. The summed E-state index contributed by atoms with van der Waals surface area (Å²) >= 11 is 0. The highest BCUT2D eigenvalue weighted by atomic mass is 17.2. The van der Waals surface area contributed by atoms with Crippen molar-refractivity contribution in [1.82, 2.24) is 0 Å². The quantitative estimate of drug-likeness (QED) is 0.0489. The Morgan fingerprint density at radius 3 is 1.10 bits per heavy atom. The van der Waals surface area contributed by atoms with Crippen LogP contribution in [0.25, 0.3) is 0 Å². The second kappa shape index (κ2) is 18.0. The zero-order valence-corrected chi connectivity index (χ0v) is 26.8. The molecule has 0 heterocycles. The highest BCUT2D eigenvalue weighted by Gasteiger charge is 2.26. The maximum atomic E-state index is 13.6. The number of benzene rings is 4. The average Bonchev–Trinajstić information content (AvgIpc) is 3.13. The van der Waals surface area contributed by atoms with Crippen LogP contribution in [-0.2, 0) is 28.7 Å². The summed E-state index contributed by atoms with van der Waals surface area (Å²) in [6, 6.07) is 23.4. The van der Waals surface area contributed by atoms with E-state index in [9.17, 15) is 28.8 Å². The maximum absolute atomic E-state index is 13.6. The zero-order valence-electron chi connectivity index (χ0n) is 26.8. The van der Waals surface area contributed by atoms with Gasteiger partial charge in [-0.25, -0.2) is 29.0 Å². The molecule has 0 unspecified atom stereocenters. The van der Waals surface area contributed by atoms with Gasteiger partial charge in [-0.15, -0.1) is 0 Å². The second-order valence-electron chi connectivity index (χ2n) is 9.66. The summed E-state index contributed by atoms with van der Waals surface area (Å²) in [7, 11) is 0. The molecule has 0 N–H and O–H groups in total. The van der Waals surface area contributed by atoms with Gasteiger partial charge in [0.2, 0.25) is 13.6 Å². The lowest BCUT2D eigenvalue weighted by atomic mass is 9.97. The Balaban J connectivity index is 1.47. The fourth-order valence-electron chi connectivity index (χ4n) is 4.34. The van der Waals surface area contributed by atoms with E-state index < -0.39 is 49.4 Å². The van der Waals surface area contributed by atoms with Gasteiger partial charge in [0.05, 0.1) is 35.5 Å². The molecule has 4 aromatic carbocycles. The summed E-state index contributed by atoms with van der Waals surface area (Å²) in [5.41, 5.74) is -0.667. The summed E-state index contributed by atoms with van der Waals surface area (Å²) in [6.45, 7) is 2.31. The summed E-state index contributed by atoms with van der Waals surface area (Å²) in [5.74, 6) is -3.57. The SMILES string of the molecule is CCOC(=O)OCOc1ccccc1C(=O)c1ccccc1C(=O)OOC(=O)c1ccccc1C(=O)c1ccccc1OCOC(=O)OCC. The molecule has 4 rings (SSSR count). The lowest BCUT2D eigenvalue weighted by Gasteiger charge is -2.13. The minimum absolute atomic E-state index is 0.0290. The molecule has 0 bridgehead atoms. The highest BCUT2D eigenvalue weighted by Crippen LogP contribution is 2.26. The Labute approximate surface area is 285 Å². The lowest BCUT2D eigenvalue weighted by molar-refractivity contribution is -0.187. The highest BCUT2D eigenvalue weighted by molar-refractivity contribution is 6.17. The largest absolute Gasteiger partial charge is 0.511 e. The van der Waals surface area contributed by atoms with Crippen molar-refractivity contribution in [2.24, 2.45) is 0 Å². The van der Waals surface area contributed by atoms with Crippen LogP contribution in [0.5, 0.6) is 11.5 Å². The van der Waals surface area contributed by atoms with Crippen molar-refractivity contribution < 1.29 is 67.0 Å². The predicted octanol–water partition coefficient (Wildman–Crippen LogP) is 6.10. The molecule has 0 saturated heterocycles. The molecular weight excluding hydrogens is 656 g/mol. The molecule has 0 aromatic heterocycles. The van der Waals surface area contributed by atoms with E-state index in [2.05, 4.69) is 9.47 Å². The molecule has 0 aliphatic heterocycles. The number of ether oxygens (including phenoxy) is 6. The van der Waals surface area contributed by atoms with Crippen LogP contribution >= 0.6 is 0 Å². The predicted molar refractivity (Wildman–Crippen MR) is 171 cm³/mol. The van der Waals surface area contributed by atoms with Gasteiger partial charge in [-0.2, -0.15) is 0 Å².